The topological polar surface area (TPSA) is 68.6 Å². The number of hydrogen-bond acceptors (Lipinski definition) is 4. The second-order valence-corrected chi connectivity index (χ2v) is 7.18. The van der Waals surface area contributed by atoms with Crippen molar-refractivity contribution in [3.8, 4) is 0 Å². The number of Topliss-reactive ketones (excluding diaryl/α,β-unsaturated/α-hetero) is 1. The highest BCUT2D eigenvalue weighted by Gasteiger charge is 2.28. The molecule has 25 heavy (non-hydrogen) atoms. The first-order valence-corrected chi connectivity index (χ1v) is 8.59. The van der Waals surface area contributed by atoms with Gasteiger partial charge in [-0.05, 0) is 25.3 Å². The number of nitrogens with zero attached hydrogens (tertiary/aromatic N) is 2. The molecular formula is C19H30N2O4. The molecule has 6 heteroatoms. The van der Waals surface area contributed by atoms with E-state index >= 15 is 0 Å². The molecule has 1 aromatic rings. The summed E-state index contributed by atoms with van der Waals surface area (Å²) in [4.78, 5) is 39.0. The summed E-state index contributed by atoms with van der Waals surface area (Å²) in [6.07, 6.45) is 0. The van der Waals surface area contributed by atoms with Gasteiger partial charge < -0.3 is 14.2 Å². The Labute approximate surface area is 150 Å². The summed E-state index contributed by atoms with van der Waals surface area (Å²) in [5, 5.41) is 0. The zero-order valence-corrected chi connectivity index (χ0v) is 16.6. The minimum absolute atomic E-state index is 0.0154. The van der Waals surface area contributed by atoms with Gasteiger partial charge in [-0.15, -0.1) is 0 Å². The molecule has 0 aliphatic heterocycles. The lowest BCUT2D eigenvalue weighted by atomic mass is 10.0. The highest BCUT2D eigenvalue weighted by Crippen LogP contribution is 2.23. The number of amides is 1. The first-order valence-electron chi connectivity index (χ1n) is 8.59. The van der Waals surface area contributed by atoms with E-state index in [9.17, 15) is 14.4 Å². The van der Waals surface area contributed by atoms with Crippen LogP contribution in [0.3, 0.4) is 0 Å². The van der Waals surface area contributed by atoms with Crippen LogP contribution >= 0.6 is 0 Å². The summed E-state index contributed by atoms with van der Waals surface area (Å²) < 4.78 is 6.49. The van der Waals surface area contributed by atoms with Crippen molar-refractivity contribution in [1.29, 1.82) is 0 Å². The van der Waals surface area contributed by atoms with Crippen molar-refractivity contribution in [3.05, 3.63) is 22.5 Å². The number of ketones is 1. The van der Waals surface area contributed by atoms with E-state index < -0.39 is 5.97 Å². The van der Waals surface area contributed by atoms with Crippen molar-refractivity contribution in [1.82, 2.24) is 9.47 Å². The molecule has 0 fully saturated rings. The third kappa shape index (κ3) is 4.50. The van der Waals surface area contributed by atoms with Crippen LogP contribution in [-0.4, -0.2) is 47.3 Å². The van der Waals surface area contributed by atoms with Crippen molar-refractivity contribution in [3.63, 3.8) is 0 Å². The van der Waals surface area contributed by atoms with Gasteiger partial charge in [0.25, 0.3) is 0 Å². The van der Waals surface area contributed by atoms with E-state index in [0.717, 1.165) is 0 Å². The van der Waals surface area contributed by atoms with Crippen LogP contribution in [0.4, 0.5) is 0 Å². The van der Waals surface area contributed by atoms with Crippen molar-refractivity contribution in [2.24, 2.45) is 18.9 Å². The lowest BCUT2D eigenvalue weighted by Gasteiger charge is -2.26. The van der Waals surface area contributed by atoms with E-state index in [-0.39, 0.29) is 30.1 Å². The number of carbonyl (C=O) groups excluding carboxylic acids is 3. The normalized spacial score (nSPS) is 11.1. The van der Waals surface area contributed by atoms with Crippen LogP contribution < -0.4 is 0 Å². The van der Waals surface area contributed by atoms with Gasteiger partial charge in [-0.25, -0.2) is 4.79 Å². The number of carbonyl (C=O) groups is 3. The zero-order chi connectivity index (χ0) is 19.5. The van der Waals surface area contributed by atoms with Crippen LogP contribution in [0.2, 0.25) is 0 Å². The molecule has 140 valence electrons. The fourth-order valence-corrected chi connectivity index (χ4v) is 3.07. The molecule has 0 N–H and O–H groups in total. The summed E-state index contributed by atoms with van der Waals surface area (Å²) >= 11 is 0. The van der Waals surface area contributed by atoms with Gasteiger partial charge in [0.2, 0.25) is 5.91 Å². The van der Waals surface area contributed by atoms with Crippen molar-refractivity contribution < 1.29 is 19.1 Å². The number of hydrogen-bond donors (Lipinski definition) is 0. The summed E-state index contributed by atoms with van der Waals surface area (Å²) in [5.41, 5.74) is 2.16. The van der Waals surface area contributed by atoms with Gasteiger partial charge in [0.15, 0.2) is 5.78 Å². The number of esters is 1. The molecule has 0 unspecified atom stereocenters. The van der Waals surface area contributed by atoms with E-state index in [0.29, 0.717) is 29.1 Å². The first-order chi connectivity index (χ1) is 11.5. The van der Waals surface area contributed by atoms with E-state index in [1.807, 2.05) is 27.7 Å². The van der Waals surface area contributed by atoms with Gasteiger partial charge >= 0.3 is 5.97 Å². The third-order valence-electron chi connectivity index (χ3n) is 4.31. The number of rotatable bonds is 7. The third-order valence-corrected chi connectivity index (χ3v) is 4.31. The molecule has 0 spiro atoms. The summed E-state index contributed by atoms with van der Waals surface area (Å²) in [6, 6.07) is 0. The highest BCUT2D eigenvalue weighted by atomic mass is 16.5. The standard InChI is InChI=1S/C19H30N2O4/c1-11(2)9-21(18(23)12(3)4)10-15(22)16-13(5)17(19(24)25-8)20(7)14(16)6/h11-12H,9-10H2,1-8H3. The van der Waals surface area contributed by atoms with E-state index in [1.165, 1.54) is 7.11 Å². The van der Waals surface area contributed by atoms with E-state index in [4.69, 9.17) is 4.74 Å². The van der Waals surface area contributed by atoms with Gasteiger partial charge in [0.05, 0.1) is 13.7 Å². The molecule has 0 bridgehead atoms. The fraction of sp³-hybridized carbons (Fsp3) is 0.632. The van der Waals surface area contributed by atoms with Gasteiger partial charge in [-0.2, -0.15) is 0 Å². The number of methoxy groups -OCH3 is 1. The maximum Gasteiger partial charge on any atom is 0.354 e. The maximum atomic E-state index is 12.9. The Hall–Kier alpha value is -2.11. The molecule has 0 aromatic carbocycles. The van der Waals surface area contributed by atoms with Crippen molar-refractivity contribution >= 4 is 17.7 Å². The Kier molecular flexibility index (Phi) is 6.96. The largest absolute Gasteiger partial charge is 0.464 e. The molecule has 0 aliphatic rings. The lowest BCUT2D eigenvalue weighted by molar-refractivity contribution is -0.134. The van der Waals surface area contributed by atoms with E-state index in [1.54, 1.807) is 30.4 Å². The lowest BCUT2D eigenvalue weighted by Crippen LogP contribution is -2.40. The van der Waals surface area contributed by atoms with Crippen LogP contribution in [0.15, 0.2) is 0 Å². The van der Waals surface area contributed by atoms with Crippen LogP contribution in [0.1, 0.15) is 59.8 Å². The monoisotopic (exact) mass is 350 g/mol. The molecule has 6 nitrogen and oxygen atoms in total. The maximum absolute atomic E-state index is 12.9. The Balaban J connectivity index is 3.22. The molecule has 1 amide bonds. The predicted molar refractivity (Wildman–Crippen MR) is 96.8 cm³/mol. The van der Waals surface area contributed by atoms with Crippen LogP contribution in [0, 0.1) is 25.7 Å². The van der Waals surface area contributed by atoms with Gasteiger partial charge in [-0.1, -0.05) is 27.7 Å². The summed E-state index contributed by atoms with van der Waals surface area (Å²) in [5.74, 6) is -0.578. The Bertz CT molecular complexity index is 671. The Morgan fingerprint density at radius 1 is 1.12 bits per heavy atom. The molecule has 1 aromatic heterocycles. The van der Waals surface area contributed by atoms with Gasteiger partial charge in [-0.3, -0.25) is 9.59 Å². The molecule has 0 aliphatic carbocycles. The SMILES string of the molecule is COC(=O)c1c(C)c(C(=O)CN(CC(C)C)C(=O)C(C)C)c(C)n1C. The molecular weight excluding hydrogens is 320 g/mol. The average Bonchev–Trinajstić information content (AvgIpc) is 2.74. The summed E-state index contributed by atoms with van der Waals surface area (Å²) in [7, 11) is 3.05. The van der Waals surface area contributed by atoms with Crippen molar-refractivity contribution in [2.45, 2.75) is 41.5 Å². The first kappa shape index (κ1) is 20.9. The molecule has 0 saturated carbocycles. The predicted octanol–water partition coefficient (Wildman–Crippen LogP) is 2.75. The number of aromatic nitrogens is 1. The second kappa shape index (κ2) is 8.32. The van der Waals surface area contributed by atoms with Gasteiger partial charge in [0, 0.05) is 30.8 Å². The zero-order valence-electron chi connectivity index (χ0n) is 16.6. The molecule has 0 radical (unpaired) electrons. The van der Waals surface area contributed by atoms with E-state index in [2.05, 4.69) is 0 Å². The highest BCUT2D eigenvalue weighted by molar-refractivity contribution is 6.04. The van der Waals surface area contributed by atoms with Crippen LogP contribution in [0.25, 0.3) is 0 Å². The molecule has 0 atom stereocenters. The average molecular weight is 350 g/mol. The minimum Gasteiger partial charge on any atom is -0.464 e. The summed E-state index contributed by atoms with van der Waals surface area (Å²) in [6.45, 7) is 11.8. The van der Waals surface area contributed by atoms with Crippen LogP contribution in [0.5, 0.6) is 0 Å². The van der Waals surface area contributed by atoms with Crippen LogP contribution in [-0.2, 0) is 16.6 Å². The quantitative estimate of drug-likeness (QED) is 0.560. The fourth-order valence-electron chi connectivity index (χ4n) is 3.07. The van der Waals surface area contributed by atoms with Crippen molar-refractivity contribution in [2.75, 3.05) is 20.2 Å². The molecule has 0 saturated heterocycles. The molecule has 1 heterocycles. The Morgan fingerprint density at radius 2 is 1.68 bits per heavy atom. The number of ether oxygens (including phenoxy) is 1. The Morgan fingerprint density at radius 3 is 2.12 bits per heavy atom. The second-order valence-electron chi connectivity index (χ2n) is 7.18. The molecule has 1 rings (SSSR count). The smallest absolute Gasteiger partial charge is 0.354 e. The minimum atomic E-state index is -0.473. The van der Waals surface area contributed by atoms with Gasteiger partial charge in [0.1, 0.15) is 5.69 Å².